The van der Waals surface area contributed by atoms with Gasteiger partial charge in [-0.15, -0.1) is 11.3 Å². The molecule has 1 rings (SSSR count). The van der Waals surface area contributed by atoms with Crippen LogP contribution < -0.4 is 5.32 Å². The van der Waals surface area contributed by atoms with E-state index in [1.165, 1.54) is 11.3 Å². The van der Waals surface area contributed by atoms with E-state index < -0.39 is 11.5 Å². The van der Waals surface area contributed by atoms with Crippen molar-refractivity contribution in [1.29, 1.82) is 0 Å². The third-order valence-electron chi connectivity index (χ3n) is 3.05. The Morgan fingerprint density at radius 2 is 2.00 bits per heavy atom. The van der Waals surface area contributed by atoms with Crippen LogP contribution in [0.25, 0.3) is 0 Å². The zero-order chi connectivity index (χ0) is 13.9. The fourth-order valence-electron chi connectivity index (χ4n) is 1.63. The third kappa shape index (κ3) is 2.92. The molecule has 0 aliphatic rings. The van der Waals surface area contributed by atoms with Gasteiger partial charge in [-0.05, 0) is 47.3 Å². The largest absolute Gasteiger partial charge is 0.480 e. The van der Waals surface area contributed by atoms with E-state index in [0.717, 1.165) is 9.35 Å². The summed E-state index contributed by atoms with van der Waals surface area (Å²) in [5.74, 6) is -1.33. The van der Waals surface area contributed by atoms with Gasteiger partial charge in [-0.25, -0.2) is 4.79 Å². The van der Waals surface area contributed by atoms with E-state index in [9.17, 15) is 14.7 Å². The Balaban J connectivity index is 2.95. The molecule has 1 heterocycles. The first-order valence-electron chi connectivity index (χ1n) is 5.68. The lowest BCUT2D eigenvalue weighted by molar-refractivity contribution is -0.144. The first-order valence-corrected chi connectivity index (χ1v) is 7.29. The van der Waals surface area contributed by atoms with Crippen molar-refractivity contribution in [1.82, 2.24) is 5.32 Å². The van der Waals surface area contributed by atoms with Crippen molar-refractivity contribution in [3.8, 4) is 0 Å². The summed E-state index contributed by atoms with van der Waals surface area (Å²) in [7, 11) is 0. The van der Waals surface area contributed by atoms with Crippen molar-refractivity contribution in [3.05, 3.63) is 20.3 Å². The molecule has 0 atom stereocenters. The number of halogens is 1. The van der Waals surface area contributed by atoms with Crippen LogP contribution >= 0.6 is 27.3 Å². The SMILES string of the molecule is CCC(CC)(NC(=O)c1cc(C)c(Br)s1)C(=O)O. The van der Waals surface area contributed by atoms with Crippen LogP contribution in [0.1, 0.15) is 41.9 Å². The highest BCUT2D eigenvalue weighted by Crippen LogP contribution is 2.28. The second kappa shape index (κ2) is 5.84. The van der Waals surface area contributed by atoms with Gasteiger partial charge < -0.3 is 10.4 Å². The monoisotopic (exact) mass is 333 g/mol. The highest BCUT2D eigenvalue weighted by Gasteiger charge is 2.36. The zero-order valence-corrected chi connectivity index (χ0v) is 12.9. The van der Waals surface area contributed by atoms with Gasteiger partial charge in [0.1, 0.15) is 5.54 Å². The second-order valence-corrected chi connectivity index (χ2v) is 6.49. The molecule has 0 bridgehead atoms. The summed E-state index contributed by atoms with van der Waals surface area (Å²) in [6, 6.07) is 1.75. The van der Waals surface area contributed by atoms with Crippen LogP contribution in [0.4, 0.5) is 0 Å². The quantitative estimate of drug-likeness (QED) is 0.869. The molecule has 0 spiro atoms. The normalized spacial score (nSPS) is 11.3. The molecule has 0 fully saturated rings. The number of hydrogen-bond acceptors (Lipinski definition) is 3. The standard InChI is InChI=1S/C12H16BrNO3S/c1-4-12(5-2,11(16)17)14-10(15)8-6-7(3)9(13)18-8/h6H,4-5H2,1-3H3,(H,14,15)(H,16,17). The first-order chi connectivity index (χ1) is 8.36. The number of carboxylic acid groups (broad SMARTS) is 1. The summed E-state index contributed by atoms with van der Waals surface area (Å²) in [4.78, 5) is 23.9. The third-order valence-corrected chi connectivity index (χ3v) is 5.19. The van der Waals surface area contributed by atoms with E-state index in [1.807, 2.05) is 6.92 Å². The molecule has 18 heavy (non-hydrogen) atoms. The molecule has 2 N–H and O–H groups in total. The number of aryl methyl sites for hydroxylation is 1. The molecule has 1 aromatic heterocycles. The van der Waals surface area contributed by atoms with Crippen molar-refractivity contribution < 1.29 is 14.7 Å². The van der Waals surface area contributed by atoms with Gasteiger partial charge in [0.25, 0.3) is 5.91 Å². The number of nitrogens with one attached hydrogen (secondary N) is 1. The molecule has 0 radical (unpaired) electrons. The maximum Gasteiger partial charge on any atom is 0.329 e. The maximum atomic E-state index is 12.1. The molecule has 4 nitrogen and oxygen atoms in total. The van der Waals surface area contributed by atoms with Crippen molar-refractivity contribution in [2.24, 2.45) is 0 Å². The Labute approximate surface area is 119 Å². The van der Waals surface area contributed by atoms with Gasteiger partial charge in [0.05, 0.1) is 8.66 Å². The number of hydrogen-bond donors (Lipinski definition) is 2. The summed E-state index contributed by atoms with van der Waals surface area (Å²) in [5, 5.41) is 11.9. The predicted molar refractivity (Wildman–Crippen MR) is 75.2 cm³/mol. The minimum absolute atomic E-state index is 0.333. The van der Waals surface area contributed by atoms with Gasteiger partial charge >= 0.3 is 5.97 Å². The van der Waals surface area contributed by atoms with Crippen LogP contribution in [0.15, 0.2) is 9.85 Å². The van der Waals surface area contributed by atoms with Gasteiger partial charge in [0, 0.05) is 0 Å². The van der Waals surface area contributed by atoms with Crippen molar-refractivity contribution in [2.75, 3.05) is 0 Å². The van der Waals surface area contributed by atoms with Gasteiger partial charge in [0.15, 0.2) is 0 Å². The number of aliphatic carboxylic acids is 1. The number of carbonyl (C=O) groups is 2. The molecule has 0 saturated heterocycles. The lowest BCUT2D eigenvalue weighted by Gasteiger charge is -2.27. The number of carboxylic acids is 1. The van der Waals surface area contributed by atoms with Crippen molar-refractivity contribution in [2.45, 2.75) is 39.2 Å². The topological polar surface area (TPSA) is 66.4 Å². The van der Waals surface area contributed by atoms with Crippen LogP contribution in [0.2, 0.25) is 0 Å². The lowest BCUT2D eigenvalue weighted by atomic mass is 9.93. The highest BCUT2D eigenvalue weighted by atomic mass is 79.9. The molecule has 0 aromatic carbocycles. The van der Waals surface area contributed by atoms with Crippen LogP contribution in [0.3, 0.4) is 0 Å². The molecular formula is C12H16BrNO3S. The molecule has 1 aromatic rings. The molecular weight excluding hydrogens is 318 g/mol. The molecule has 6 heteroatoms. The second-order valence-electron chi connectivity index (χ2n) is 4.12. The molecule has 0 unspecified atom stereocenters. The molecule has 0 aliphatic carbocycles. The lowest BCUT2D eigenvalue weighted by Crippen LogP contribution is -2.53. The number of thiophene rings is 1. The smallest absolute Gasteiger partial charge is 0.329 e. The van der Waals surface area contributed by atoms with Gasteiger partial charge in [-0.3, -0.25) is 4.79 Å². The van der Waals surface area contributed by atoms with Gasteiger partial charge in [-0.1, -0.05) is 13.8 Å². The van der Waals surface area contributed by atoms with E-state index in [0.29, 0.717) is 17.7 Å². The summed E-state index contributed by atoms with van der Waals surface area (Å²) < 4.78 is 0.890. The maximum absolute atomic E-state index is 12.1. The summed E-state index contributed by atoms with van der Waals surface area (Å²) in [6.45, 7) is 5.41. The number of amides is 1. The van der Waals surface area contributed by atoms with Gasteiger partial charge in [0.2, 0.25) is 0 Å². The highest BCUT2D eigenvalue weighted by molar-refractivity contribution is 9.11. The fourth-order valence-corrected chi connectivity index (χ4v) is 3.06. The molecule has 0 saturated carbocycles. The molecule has 0 aliphatic heterocycles. The zero-order valence-electron chi connectivity index (χ0n) is 10.5. The minimum atomic E-state index is -1.18. The summed E-state index contributed by atoms with van der Waals surface area (Å²) in [5.41, 5.74) is -0.208. The van der Waals surface area contributed by atoms with Crippen molar-refractivity contribution >= 4 is 39.1 Å². The number of carbonyl (C=O) groups excluding carboxylic acids is 1. The van der Waals surface area contributed by atoms with Gasteiger partial charge in [-0.2, -0.15) is 0 Å². The van der Waals surface area contributed by atoms with Crippen LogP contribution in [0.5, 0.6) is 0 Å². The van der Waals surface area contributed by atoms with Crippen molar-refractivity contribution in [3.63, 3.8) is 0 Å². The number of rotatable bonds is 5. The molecule has 1 amide bonds. The van der Waals surface area contributed by atoms with Crippen LogP contribution in [-0.2, 0) is 4.79 Å². The Morgan fingerprint density at radius 1 is 1.44 bits per heavy atom. The van der Waals surface area contributed by atoms with E-state index in [2.05, 4.69) is 21.2 Å². The Bertz CT molecular complexity index is 446. The average molecular weight is 334 g/mol. The molecule has 100 valence electrons. The first kappa shape index (κ1) is 15.2. The Morgan fingerprint density at radius 3 is 2.33 bits per heavy atom. The predicted octanol–water partition coefficient (Wildman–Crippen LogP) is 3.19. The van der Waals surface area contributed by atoms with E-state index in [4.69, 9.17) is 0 Å². The van der Waals surface area contributed by atoms with E-state index >= 15 is 0 Å². The Hall–Kier alpha value is -0.880. The fraction of sp³-hybridized carbons (Fsp3) is 0.500. The summed E-state index contributed by atoms with van der Waals surface area (Å²) >= 11 is 4.66. The van der Waals surface area contributed by atoms with Crippen LogP contribution in [-0.4, -0.2) is 22.5 Å². The van der Waals surface area contributed by atoms with E-state index in [-0.39, 0.29) is 5.91 Å². The summed E-state index contributed by atoms with van der Waals surface area (Å²) in [6.07, 6.45) is 0.714. The van der Waals surface area contributed by atoms with Crippen LogP contribution in [0, 0.1) is 6.92 Å². The van der Waals surface area contributed by atoms with E-state index in [1.54, 1.807) is 19.9 Å². The minimum Gasteiger partial charge on any atom is -0.480 e. The Kier molecular flexibility index (Phi) is 4.92. The average Bonchev–Trinajstić information content (AvgIpc) is 2.66.